The first-order valence-electron chi connectivity index (χ1n) is 11.5. The summed E-state index contributed by atoms with van der Waals surface area (Å²) in [4.78, 5) is 25.1. The summed E-state index contributed by atoms with van der Waals surface area (Å²) in [5, 5.41) is 7.82. The molecule has 0 radical (unpaired) electrons. The van der Waals surface area contributed by atoms with Crippen molar-refractivity contribution in [3.05, 3.63) is 29.8 Å². The van der Waals surface area contributed by atoms with Gasteiger partial charge in [0.15, 0.2) is 5.78 Å². The van der Waals surface area contributed by atoms with Gasteiger partial charge >= 0.3 is 0 Å². The van der Waals surface area contributed by atoms with E-state index >= 15 is 0 Å². The van der Waals surface area contributed by atoms with Gasteiger partial charge < -0.3 is 0 Å². The highest BCUT2D eigenvalue weighted by Crippen LogP contribution is 2.64. The summed E-state index contributed by atoms with van der Waals surface area (Å²) >= 11 is 0. The van der Waals surface area contributed by atoms with Crippen molar-refractivity contribution >= 4 is 31.7 Å². The number of amides is 1. The van der Waals surface area contributed by atoms with Gasteiger partial charge in [0.25, 0.3) is 5.91 Å². The molecule has 0 saturated heterocycles. The lowest BCUT2D eigenvalue weighted by molar-refractivity contribution is -0.130. The number of ketones is 1. The van der Waals surface area contributed by atoms with Crippen molar-refractivity contribution < 1.29 is 31.6 Å². The molecule has 4 unspecified atom stereocenters. The van der Waals surface area contributed by atoms with Crippen molar-refractivity contribution in [1.82, 2.24) is 14.9 Å². The Morgan fingerprint density at radius 3 is 2.14 bits per heavy atom. The van der Waals surface area contributed by atoms with Gasteiger partial charge in [0.2, 0.25) is 20.0 Å². The summed E-state index contributed by atoms with van der Waals surface area (Å²) in [6, 6.07) is 4.43. The molecule has 1 amide bonds. The monoisotopic (exact) mass is 529 g/mol. The second-order valence-electron chi connectivity index (χ2n) is 11.3. The predicted molar refractivity (Wildman–Crippen MR) is 130 cm³/mol. The van der Waals surface area contributed by atoms with Crippen LogP contribution < -0.4 is 14.9 Å². The lowest BCUT2D eigenvalue weighted by Gasteiger charge is -2.32. The quantitative estimate of drug-likeness (QED) is 0.293. The van der Waals surface area contributed by atoms with Crippen LogP contribution in [0, 0.1) is 16.7 Å². The van der Waals surface area contributed by atoms with Crippen LogP contribution in [0.5, 0.6) is 0 Å². The molecule has 1 aromatic carbocycles. The summed E-state index contributed by atoms with van der Waals surface area (Å²) < 4.78 is 56.4. The summed E-state index contributed by atoms with van der Waals surface area (Å²) in [7, 11) is -8.46. The zero-order valence-corrected chi connectivity index (χ0v) is 22.5. The Kier molecular flexibility index (Phi) is 7.06. The van der Waals surface area contributed by atoms with Crippen LogP contribution in [0.25, 0.3) is 0 Å². The molecule has 2 fully saturated rings. The summed E-state index contributed by atoms with van der Waals surface area (Å²) in [5.41, 5.74) is 0.795. The molecule has 4 atom stereocenters. The topological polar surface area (TPSA) is 159 Å². The van der Waals surface area contributed by atoms with Gasteiger partial charge in [-0.1, -0.05) is 53.7 Å². The van der Waals surface area contributed by atoms with Gasteiger partial charge in [-0.2, -0.15) is 4.72 Å². The number of hydroxylamine groups is 1. The van der Waals surface area contributed by atoms with Crippen LogP contribution in [0.15, 0.2) is 29.2 Å². The summed E-state index contributed by atoms with van der Waals surface area (Å²) in [6.07, 6.45) is 1.19. The molecule has 2 saturated carbocycles. The van der Waals surface area contributed by atoms with Crippen LogP contribution >= 0.6 is 0 Å². The van der Waals surface area contributed by atoms with Gasteiger partial charge in [0.05, 0.1) is 4.90 Å². The smallest absolute Gasteiger partial charge is 0.262 e. The fourth-order valence-electron chi connectivity index (χ4n) is 5.31. The van der Waals surface area contributed by atoms with Crippen LogP contribution in [0.1, 0.15) is 59.9 Å². The predicted octanol–water partition coefficient (Wildman–Crippen LogP) is 1.45. The number of hydrogen-bond donors (Lipinski definition) is 4. The molecule has 0 heterocycles. The largest absolute Gasteiger partial charge is 0.298 e. The number of hydrogen-bond acceptors (Lipinski definition) is 7. The zero-order valence-electron chi connectivity index (χ0n) is 20.9. The van der Waals surface area contributed by atoms with E-state index in [4.69, 9.17) is 5.21 Å². The lowest BCUT2D eigenvalue weighted by Crippen LogP contribution is -2.54. The normalized spacial score (nSPS) is 27.1. The molecule has 0 aromatic heterocycles. The second-order valence-corrected chi connectivity index (χ2v) is 14.9. The third-order valence-electron chi connectivity index (χ3n) is 8.05. The Morgan fingerprint density at radius 1 is 1.11 bits per heavy atom. The van der Waals surface area contributed by atoms with Crippen molar-refractivity contribution in [3.8, 4) is 0 Å². The Morgan fingerprint density at radius 2 is 1.69 bits per heavy atom. The van der Waals surface area contributed by atoms with E-state index in [-0.39, 0.29) is 22.0 Å². The standard InChI is InChI=1S/C23H35N3O7S2/c1-21(2,3)14-7-9-15(10-8-14)34(30,31)26-17(20(28)25-29)13-24-35(32,33)18-16-11-12-23(6,19(18)27)22(16,4)5/h7-10,16-18,24,26,29H,11-13H2,1-6H3,(H,25,28). The van der Waals surface area contributed by atoms with Crippen LogP contribution in [0.4, 0.5) is 0 Å². The Balaban J connectivity index is 1.79. The Bertz CT molecular complexity index is 1220. The number of carbonyl (C=O) groups excluding carboxylic acids is 2. The number of carbonyl (C=O) groups is 2. The summed E-state index contributed by atoms with van der Waals surface area (Å²) in [6.45, 7) is 10.8. The van der Waals surface area contributed by atoms with Crippen LogP contribution in [-0.4, -0.2) is 51.6 Å². The fraction of sp³-hybridized carbons (Fsp3) is 0.652. The van der Waals surface area contributed by atoms with E-state index in [1.54, 1.807) is 19.1 Å². The summed E-state index contributed by atoms with van der Waals surface area (Å²) in [5.74, 6) is -1.90. The highest BCUT2D eigenvalue weighted by Gasteiger charge is 2.69. The molecule has 10 nitrogen and oxygen atoms in total. The third kappa shape index (κ3) is 4.78. The van der Waals surface area contributed by atoms with Crippen molar-refractivity contribution in [2.24, 2.45) is 16.7 Å². The number of nitrogens with one attached hydrogen (secondary N) is 3. The van der Waals surface area contributed by atoms with Crippen molar-refractivity contribution in [3.63, 3.8) is 0 Å². The number of sulfonamides is 2. The SMILES string of the molecule is CC(C)(C)c1ccc(S(=O)(=O)NC(CNS(=O)(=O)C2C(=O)C3(C)CCC2C3(C)C)C(=O)NO)cc1. The molecule has 2 aliphatic carbocycles. The number of Topliss-reactive ketones (excluding diaryl/α,β-unsaturated/α-hetero) is 1. The maximum absolute atomic E-state index is 13.1. The number of fused-ring (bicyclic) bond motifs is 2. The maximum Gasteiger partial charge on any atom is 0.262 e. The van der Waals surface area contributed by atoms with Gasteiger partial charge in [0, 0.05) is 12.0 Å². The molecule has 3 rings (SSSR count). The first kappa shape index (κ1) is 27.7. The van der Waals surface area contributed by atoms with E-state index in [0.29, 0.717) is 12.8 Å². The van der Waals surface area contributed by atoms with Crippen molar-refractivity contribution in [2.75, 3.05) is 6.54 Å². The van der Waals surface area contributed by atoms with E-state index in [9.17, 15) is 26.4 Å². The maximum atomic E-state index is 13.1. The average Bonchev–Trinajstić information content (AvgIpc) is 3.08. The van der Waals surface area contributed by atoms with E-state index in [1.165, 1.54) is 17.6 Å². The molecule has 0 aliphatic heterocycles. The Hall–Kier alpha value is -1.86. The first-order chi connectivity index (χ1) is 15.9. The van der Waals surface area contributed by atoms with Gasteiger partial charge in [-0.05, 0) is 47.3 Å². The molecular formula is C23H35N3O7S2. The van der Waals surface area contributed by atoms with Crippen LogP contribution in [-0.2, 0) is 35.1 Å². The molecule has 12 heteroatoms. The second kappa shape index (κ2) is 8.91. The van der Waals surface area contributed by atoms with Gasteiger partial charge in [-0.25, -0.2) is 27.0 Å². The van der Waals surface area contributed by atoms with E-state index < -0.39 is 54.6 Å². The van der Waals surface area contributed by atoms with Gasteiger partial charge in [-0.15, -0.1) is 0 Å². The van der Waals surface area contributed by atoms with Crippen molar-refractivity contribution in [2.45, 2.75) is 76.0 Å². The van der Waals surface area contributed by atoms with E-state index in [1.807, 2.05) is 34.6 Å². The first-order valence-corrected chi connectivity index (χ1v) is 14.5. The van der Waals surface area contributed by atoms with Gasteiger partial charge in [0.1, 0.15) is 11.3 Å². The Labute approximate surface area is 207 Å². The minimum atomic E-state index is -4.23. The molecule has 4 N–H and O–H groups in total. The minimum Gasteiger partial charge on any atom is -0.298 e. The van der Waals surface area contributed by atoms with Crippen LogP contribution in [0.2, 0.25) is 0 Å². The fourth-order valence-corrected chi connectivity index (χ4v) is 8.53. The molecule has 196 valence electrons. The van der Waals surface area contributed by atoms with Crippen LogP contribution in [0.3, 0.4) is 0 Å². The molecule has 2 aliphatic rings. The molecule has 0 spiro atoms. The average molecular weight is 530 g/mol. The molecule has 35 heavy (non-hydrogen) atoms. The minimum absolute atomic E-state index is 0.123. The lowest BCUT2D eigenvalue weighted by atomic mass is 9.70. The highest BCUT2D eigenvalue weighted by atomic mass is 32.2. The molecular weight excluding hydrogens is 494 g/mol. The van der Waals surface area contributed by atoms with Gasteiger partial charge in [-0.3, -0.25) is 14.8 Å². The van der Waals surface area contributed by atoms with Crippen molar-refractivity contribution in [1.29, 1.82) is 0 Å². The number of benzene rings is 1. The highest BCUT2D eigenvalue weighted by molar-refractivity contribution is 7.91. The third-order valence-corrected chi connectivity index (χ3v) is 11.3. The molecule has 1 aromatic rings. The molecule has 2 bridgehead atoms. The number of rotatable bonds is 8. The van der Waals surface area contributed by atoms with E-state index in [0.717, 1.165) is 5.56 Å². The zero-order chi connectivity index (χ0) is 26.6. The van der Waals surface area contributed by atoms with E-state index in [2.05, 4.69) is 9.44 Å².